The molecule has 0 aliphatic carbocycles. The molecule has 2 aliphatic rings. The number of hydrogen-bond acceptors (Lipinski definition) is 4. The van der Waals surface area contributed by atoms with E-state index in [1.54, 1.807) is 24.3 Å². The Hall–Kier alpha value is -1.60. The van der Waals surface area contributed by atoms with Gasteiger partial charge in [-0.05, 0) is 57.0 Å². The van der Waals surface area contributed by atoms with E-state index in [9.17, 15) is 13.2 Å². The lowest BCUT2D eigenvalue weighted by atomic mass is 9.92. The van der Waals surface area contributed by atoms with Crippen LogP contribution in [0.4, 0.5) is 11.4 Å². The second-order valence-electron chi connectivity index (χ2n) is 6.35. The predicted molar refractivity (Wildman–Crippen MR) is 91.0 cm³/mol. The summed E-state index contributed by atoms with van der Waals surface area (Å²) in [5.41, 5.74) is 1.37. The molecule has 6 nitrogen and oxygen atoms in total. The maximum Gasteiger partial charge on any atom is 0.235 e. The first kappa shape index (κ1) is 16.3. The summed E-state index contributed by atoms with van der Waals surface area (Å²) in [5, 5.41) is 6.27. The molecule has 0 radical (unpaired) electrons. The van der Waals surface area contributed by atoms with Crippen LogP contribution in [0.3, 0.4) is 0 Å². The SMILES string of the molecule is C[C@H]1C[C@@H](C(=O)Nc2ccc(N3CCCS3(=O)=O)cc2)CCN1. The summed E-state index contributed by atoms with van der Waals surface area (Å²) in [5.74, 6) is 0.282. The maximum absolute atomic E-state index is 12.3. The molecule has 1 aromatic carbocycles. The van der Waals surface area contributed by atoms with Crippen LogP contribution in [0, 0.1) is 5.92 Å². The van der Waals surface area contributed by atoms with Crippen molar-refractivity contribution < 1.29 is 13.2 Å². The average molecular weight is 337 g/mol. The van der Waals surface area contributed by atoms with Crippen LogP contribution < -0.4 is 14.9 Å². The third-order valence-electron chi connectivity index (χ3n) is 4.52. The third-order valence-corrected chi connectivity index (χ3v) is 6.39. The molecule has 2 heterocycles. The molecule has 2 fully saturated rings. The fraction of sp³-hybridized carbons (Fsp3) is 0.562. The highest BCUT2D eigenvalue weighted by Crippen LogP contribution is 2.26. The Labute approximate surface area is 137 Å². The molecule has 2 atom stereocenters. The number of carbonyl (C=O) groups is 1. The van der Waals surface area contributed by atoms with E-state index in [0.717, 1.165) is 19.4 Å². The van der Waals surface area contributed by atoms with E-state index in [0.29, 0.717) is 30.4 Å². The van der Waals surface area contributed by atoms with E-state index < -0.39 is 10.0 Å². The molecular formula is C16H23N3O3S. The second kappa shape index (κ2) is 6.49. The molecule has 0 spiro atoms. The van der Waals surface area contributed by atoms with Gasteiger partial charge in [-0.15, -0.1) is 0 Å². The van der Waals surface area contributed by atoms with Crippen molar-refractivity contribution in [2.24, 2.45) is 5.92 Å². The molecule has 0 saturated carbocycles. The molecule has 2 aliphatic heterocycles. The first-order chi connectivity index (χ1) is 11.0. The Morgan fingerprint density at radius 3 is 2.65 bits per heavy atom. The van der Waals surface area contributed by atoms with Crippen LogP contribution in [-0.4, -0.2) is 39.2 Å². The third kappa shape index (κ3) is 3.67. The average Bonchev–Trinajstić information content (AvgIpc) is 2.87. The van der Waals surface area contributed by atoms with Crippen LogP contribution in [0.1, 0.15) is 26.2 Å². The Bertz CT molecular complexity index is 672. The van der Waals surface area contributed by atoms with Crippen LogP contribution in [0.25, 0.3) is 0 Å². The van der Waals surface area contributed by atoms with Gasteiger partial charge in [-0.2, -0.15) is 0 Å². The Morgan fingerprint density at radius 2 is 2.04 bits per heavy atom. The molecule has 3 rings (SSSR count). The highest BCUT2D eigenvalue weighted by molar-refractivity contribution is 7.93. The van der Waals surface area contributed by atoms with Gasteiger partial charge in [-0.3, -0.25) is 9.10 Å². The van der Waals surface area contributed by atoms with Crippen molar-refractivity contribution in [1.82, 2.24) is 5.32 Å². The van der Waals surface area contributed by atoms with E-state index in [2.05, 4.69) is 17.6 Å². The predicted octanol–water partition coefficient (Wildman–Crippen LogP) is 1.55. The highest BCUT2D eigenvalue weighted by atomic mass is 32.2. The molecule has 0 unspecified atom stereocenters. The summed E-state index contributed by atoms with van der Waals surface area (Å²) in [6, 6.07) is 7.41. The van der Waals surface area contributed by atoms with Gasteiger partial charge in [0, 0.05) is 24.2 Å². The van der Waals surface area contributed by atoms with Gasteiger partial charge >= 0.3 is 0 Å². The first-order valence-electron chi connectivity index (χ1n) is 8.10. The van der Waals surface area contributed by atoms with Gasteiger partial charge in [-0.25, -0.2) is 8.42 Å². The molecule has 0 bridgehead atoms. The monoisotopic (exact) mass is 337 g/mol. The lowest BCUT2D eigenvalue weighted by Crippen LogP contribution is -2.40. The largest absolute Gasteiger partial charge is 0.326 e. The van der Waals surface area contributed by atoms with Crippen LogP contribution in [0.5, 0.6) is 0 Å². The fourth-order valence-corrected chi connectivity index (χ4v) is 4.82. The number of piperidine rings is 1. The summed E-state index contributed by atoms with van der Waals surface area (Å²) >= 11 is 0. The van der Waals surface area contributed by atoms with E-state index >= 15 is 0 Å². The molecule has 0 aromatic heterocycles. The van der Waals surface area contributed by atoms with Gasteiger partial charge in [0.05, 0.1) is 11.4 Å². The molecule has 7 heteroatoms. The summed E-state index contributed by atoms with van der Waals surface area (Å²) in [7, 11) is -3.16. The zero-order chi connectivity index (χ0) is 16.4. The fourth-order valence-electron chi connectivity index (χ4n) is 3.25. The lowest BCUT2D eigenvalue weighted by Gasteiger charge is -2.27. The van der Waals surface area contributed by atoms with Gasteiger partial charge in [-0.1, -0.05) is 0 Å². The minimum Gasteiger partial charge on any atom is -0.326 e. The first-order valence-corrected chi connectivity index (χ1v) is 9.71. The minimum atomic E-state index is -3.16. The Morgan fingerprint density at radius 1 is 1.30 bits per heavy atom. The van der Waals surface area contributed by atoms with E-state index in [1.165, 1.54) is 4.31 Å². The quantitative estimate of drug-likeness (QED) is 0.877. The van der Waals surface area contributed by atoms with E-state index in [1.807, 2.05) is 0 Å². The van der Waals surface area contributed by atoms with Crippen molar-refractivity contribution >= 4 is 27.3 Å². The molecule has 2 saturated heterocycles. The number of amides is 1. The summed E-state index contributed by atoms with van der Waals surface area (Å²) in [6.07, 6.45) is 2.35. The Balaban J connectivity index is 1.64. The number of nitrogens with one attached hydrogen (secondary N) is 2. The minimum absolute atomic E-state index is 0.0323. The van der Waals surface area contributed by atoms with Gasteiger partial charge in [0.2, 0.25) is 15.9 Å². The highest BCUT2D eigenvalue weighted by Gasteiger charge is 2.28. The molecule has 2 N–H and O–H groups in total. The number of sulfonamides is 1. The number of benzene rings is 1. The number of anilines is 2. The van der Waals surface area contributed by atoms with Crippen LogP contribution in [0.2, 0.25) is 0 Å². The summed E-state index contributed by atoms with van der Waals surface area (Å²) < 4.78 is 25.3. The zero-order valence-corrected chi connectivity index (χ0v) is 14.1. The van der Waals surface area contributed by atoms with Crippen LogP contribution in [0.15, 0.2) is 24.3 Å². The Kier molecular flexibility index (Phi) is 4.59. The molecule has 23 heavy (non-hydrogen) atoms. The number of rotatable bonds is 3. The number of hydrogen-bond donors (Lipinski definition) is 2. The summed E-state index contributed by atoms with van der Waals surface area (Å²) in [4.78, 5) is 12.3. The van der Waals surface area contributed by atoms with Crippen molar-refractivity contribution in [3.05, 3.63) is 24.3 Å². The van der Waals surface area contributed by atoms with Gasteiger partial charge < -0.3 is 10.6 Å². The van der Waals surface area contributed by atoms with Crippen molar-refractivity contribution in [1.29, 1.82) is 0 Å². The number of nitrogens with zero attached hydrogens (tertiary/aromatic N) is 1. The van der Waals surface area contributed by atoms with Gasteiger partial charge in [0.25, 0.3) is 0 Å². The van der Waals surface area contributed by atoms with E-state index in [4.69, 9.17) is 0 Å². The van der Waals surface area contributed by atoms with E-state index in [-0.39, 0.29) is 17.6 Å². The molecule has 1 aromatic rings. The van der Waals surface area contributed by atoms with Crippen molar-refractivity contribution in [3.8, 4) is 0 Å². The summed E-state index contributed by atoms with van der Waals surface area (Å²) in [6.45, 7) is 3.48. The van der Waals surface area contributed by atoms with Gasteiger partial charge in [0.1, 0.15) is 0 Å². The maximum atomic E-state index is 12.3. The van der Waals surface area contributed by atoms with Crippen LogP contribution >= 0.6 is 0 Å². The van der Waals surface area contributed by atoms with Crippen molar-refractivity contribution in [2.75, 3.05) is 28.5 Å². The second-order valence-corrected chi connectivity index (χ2v) is 8.37. The normalized spacial score (nSPS) is 26.9. The van der Waals surface area contributed by atoms with Crippen molar-refractivity contribution in [3.63, 3.8) is 0 Å². The molecule has 126 valence electrons. The topological polar surface area (TPSA) is 78.5 Å². The number of carbonyl (C=O) groups excluding carboxylic acids is 1. The molecular weight excluding hydrogens is 314 g/mol. The standard InChI is InChI=1S/C16H23N3O3S/c1-12-11-13(7-8-17-12)16(20)18-14-3-5-15(6-4-14)19-9-2-10-23(19,21)22/h3-6,12-13,17H,2,7-11H2,1H3,(H,18,20)/t12-,13-/m0/s1. The smallest absolute Gasteiger partial charge is 0.235 e. The molecule has 1 amide bonds. The van der Waals surface area contributed by atoms with Gasteiger partial charge in [0.15, 0.2) is 0 Å². The van der Waals surface area contributed by atoms with Crippen LogP contribution in [-0.2, 0) is 14.8 Å². The lowest BCUT2D eigenvalue weighted by molar-refractivity contribution is -0.120. The van der Waals surface area contributed by atoms with Crippen molar-refractivity contribution in [2.45, 2.75) is 32.2 Å². The zero-order valence-electron chi connectivity index (χ0n) is 13.3.